The Morgan fingerprint density at radius 2 is 2.16 bits per heavy atom. The van der Waals surface area contributed by atoms with Crippen LogP contribution in [0.15, 0.2) is 24.4 Å². The van der Waals surface area contributed by atoms with Crippen LogP contribution in [0.3, 0.4) is 0 Å². The Morgan fingerprint density at radius 1 is 1.37 bits per heavy atom. The molecule has 1 unspecified atom stereocenters. The lowest BCUT2D eigenvalue weighted by Gasteiger charge is -2.18. The summed E-state index contributed by atoms with van der Waals surface area (Å²) in [5.74, 6) is 0. The van der Waals surface area contributed by atoms with E-state index < -0.39 is 0 Å². The SMILES string of the molecule is CCCNC(c1ccc(C)c(Cl)c1)c1cnc(C)s1. The van der Waals surface area contributed by atoms with Crippen LogP contribution in [0.4, 0.5) is 0 Å². The molecule has 0 aliphatic carbocycles. The normalized spacial score (nSPS) is 12.6. The molecule has 0 aliphatic heterocycles. The average molecular weight is 295 g/mol. The first-order chi connectivity index (χ1) is 9.11. The minimum atomic E-state index is 0.184. The summed E-state index contributed by atoms with van der Waals surface area (Å²) in [5, 5.41) is 5.49. The summed E-state index contributed by atoms with van der Waals surface area (Å²) in [7, 11) is 0. The number of thiazole rings is 1. The maximum atomic E-state index is 6.24. The minimum Gasteiger partial charge on any atom is -0.306 e. The zero-order chi connectivity index (χ0) is 13.8. The van der Waals surface area contributed by atoms with Crippen molar-refractivity contribution in [1.29, 1.82) is 0 Å². The number of nitrogens with zero attached hydrogens (tertiary/aromatic N) is 1. The molecule has 2 aromatic rings. The summed E-state index contributed by atoms with van der Waals surface area (Å²) in [6.07, 6.45) is 3.06. The molecule has 4 heteroatoms. The van der Waals surface area contributed by atoms with Crippen LogP contribution in [0, 0.1) is 13.8 Å². The van der Waals surface area contributed by atoms with Gasteiger partial charge in [-0.1, -0.05) is 30.7 Å². The third-order valence-corrected chi connectivity index (χ3v) is 4.44. The van der Waals surface area contributed by atoms with E-state index in [-0.39, 0.29) is 6.04 Å². The van der Waals surface area contributed by atoms with Crippen LogP contribution in [-0.2, 0) is 0 Å². The molecule has 1 atom stereocenters. The van der Waals surface area contributed by atoms with Crippen molar-refractivity contribution in [2.45, 2.75) is 33.2 Å². The van der Waals surface area contributed by atoms with E-state index in [9.17, 15) is 0 Å². The molecule has 0 amide bonds. The number of benzene rings is 1. The van der Waals surface area contributed by atoms with E-state index in [2.05, 4.69) is 35.4 Å². The van der Waals surface area contributed by atoms with Crippen LogP contribution < -0.4 is 5.32 Å². The standard InChI is InChI=1S/C15H19ClN2S/c1-4-7-17-15(14-9-18-11(3)19-14)12-6-5-10(2)13(16)8-12/h5-6,8-9,15,17H,4,7H2,1-3H3. The smallest absolute Gasteiger partial charge is 0.0897 e. The van der Waals surface area contributed by atoms with Crippen LogP contribution in [0.1, 0.15) is 40.4 Å². The highest BCUT2D eigenvalue weighted by molar-refractivity contribution is 7.11. The largest absolute Gasteiger partial charge is 0.306 e. The first kappa shape index (κ1) is 14.5. The van der Waals surface area contributed by atoms with Crippen LogP contribution >= 0.6 is 22.9 Å². The zero-order valence-corrected chi connectivity index (χ0v) is 13.1. The Balaban J connectivity index is 2.33. The molecule has 2 rings (SSSR count). The fourth-order valence-corrected chi connectivity index (χ4v) is 3.05. The molecular weight excluding hydrogens is 276 g/mol. The molecule has 1 N–H and O–H groups in total. The molecule has 0 saturated carbocycles. The first-order valence-electron chi connectivity index (χ1n) is 6.53. The van der Waals surface area contributed by atoms with Crippen molar-refractivity contribution in [3.63, 3.8) is 0 Å². The maximum Gasteiger partial charge on any atom is 0.0897 e. The van der Waals surface area contributed by atoms with Crippen molar-refractivity contribution in [2.24, 2.45) is 0 Å². The van der Waals surface area contributed by atoms with Gasteiger partial charge in [-0.2, -0.15) is 0 Å². The molecule has 19 heavy (non-hydrogen) atoms. The quantitative estimate of drug-likeness (QED) is 0.878. The molecule has 0 saturated heterocycles. The van der Waals surface area contributed by atoms with Crippen molar-refractivity contribution in [3.05, 3.63) is 50.4 Å². The van der Waals surface area contributed by atoms with Gasteiger partial charge in [0.15, 0.2) is 0 Å². The van der Waals surface area contributed by atoms with Gasteiger partial charge in [-0.15, -0.1) is 11.3 Å². The van der Waals surface area contributed by atoms with Gasteiger partial charge in [0.1, 0.15) is 0 Å². The van der Waals surface area contributed by atoms with E-state index >= 15 is 0 Å². The summed E-state index contributed by atoms with van der Waals surface area (Å²) >= 11 is 7.98. The Morgan fingerprint density at radius 3 is 2.74 bits per heavy atom. The predicted molar refractivity (Wildman–Crippen MR) is 83.2 cm³/mol. The number of halogens is 1. The number of aryl methyl sites for hydroxylation is 2. The maximum absolute atomic E-state index is 6.24. The summed E-state index contributed by atoms with van der Waals surface area (Å²) in [6, 6.07) is 6.46. The van der Waals surface area contributed by atoms with Gasteiger partial charge in [0, 0.05) is 16.1 Å². The minimum absolute atomic E-state index is 0.184. The topological polar surface area (TPSA) is 24.9 Å². The number of hydrogen-bond acceptors (Lipinski definition) is 3. The summed E-state index contributed by atoms with van der Waals surface area (Å²) < 4.78 is 0. The second-order valence-corrected chi connectivity index (χ2v) is 6.35. The number of aromatic nitrogens is 1. The lowest BCUT2D eigenvalue weighted by Crippen LogP contribution is -2.22. The van der Waals surface area contributed by atoms with Crippen molar-refractivity contribution in [2.75, 3.05) is 6.54 Å². The van der Waals surface area contributed by atoms with E-state index in [0.717, 1.165) is 28.6 Å². The molecule has 1 heterocycles. The molecule has 0 aliphatic rings. The highest BCUT2D eigenvalue weighted by Gasteiger charge is 2.16. The Kier molecular flexibility index (Phi) is 4.97. The summed E-state index contributed by atoms with van der Waals surface area (Å²) in [6.45, 7) is 7.21. The second kappa shape index (κ2) is 6.51. The summed E-state index contributed by atoms with van der Waals surface area (Å²) in [5.41, 5.74) is 2.31. The molecule has 1 aromatic heterocycles. The Labute approximate surface area is 123 Å². The van der Waals surface area contributed by atoms with Crippen molar-refractivity contribution < 1.29 is 0 Å². The molecule has 102 valence electrons. The lowest BCUT2D eigenvalue weighted by molar-refractivity contribution is 0.605. The molecular formula is C15H19ClN2S. The molecule has 0 spiro atoms. The molecule has 2 nitrogen and oxygen atoms in total. The van der Waals surface area contributed by atoms with Gasteiger partial charge in [0.25, 0.3) is 0 Å². The van der Waals surface area contributed by atoms with Gasteiger partial charge in [0.05, 0.1) is 11.0 Å². The zero-order valence-electron chi connectivity index (χ0n) is 11.5. The van der Waals surface area contributed by atoms with Crippen molar-refractivity contribution in [3.8, 4) is 0 Å². The van der Waals surface area contributed by atoms with Gasteiger partial charge in [-0.25, -0.2) is 4.98 Å². The fourth-order valence-electron chi connectivity index (χ4n) is 1.97. The van der Waals surface area contributed by atoms with Gasteiger partial charge in [-0.3, -0.25) is 0 Å². The number of hydrogen-bond donors (Lipinski definition) is 1. The monoisotopic (exact) mass is 294 g/mol. The van der Waals surface area contributed by atoms with E-state index in [1.807, 2.05) is 20.0 Å². The van der Waals surface area contributed by atoms with Gasteiger partial charge >= 0.3 is 0 Å². The fraction of sp³-hybridized carbons (Fsp3) is 0.400. The van der Waals surface area contributed by atoms with E-state index in [1.54, 1.807) is 11.3 Å². The first-order valence-corrected chi connectivity index (χ1v) is 7.73. The van der Waals surface area contributed by atoms with E-state index in [0.29, 0.717) is 0 Å². The Hall–Kier alpha value is -0.900. The van der Waals surface area contributed by atoms with E-state index in [1.165, 1.54) is 10.4 Å². The number of rotatable bonds is 5. The predicted octanol–water partition coefficient (Wildman–Crippen LogP) is 4.50. The average Bonchev–Trinajstić information content (AvgIpc) is 2.80. The van der Waals surface area contributed by atoms with Crippen molar-refractivity contribution >= 4 is 22.9 Å². The molecule has 1 aromatic carbocycles. The Bertz CT molecular complexity index is 551. The van der Waals surface area contributed by atoms with Gasteiger partial charge in [-0.05, 0) is 44.0 Å². The van der Waals surface area contributed by atoms with Crippen LogP contribution in [0.25, 0.3) is 0 Å². The van der Waals surface area contributed by atoms with Crippen molar-refractivity contribution in [1.82, 2.24) is 10.3 Å². The molecule has 0 bridgehead atoms. The van der Waals surface area contributed by atoms with Gasteiger partial charge in [0.2, 0.25) is 0 Å². The van der Waals surface area contributed by atoms with Crippen LogP contribution in [0.2, 0.25) is 5.02 Å². The number of nitrogens with one attached hydrogen (secondary N) is 1. The van der Waals surface area contributed by atoms with Gasteiger partial charge < -0.3 is 5.32 Å². The van der Waals surface area contributed by atoms with Crippen LogP contribution in [-0.4, -0.2) is 11.5 Å². The second-order valence-electron chi connectivity index (χ2n) is 4.68. The van der Waals surface area contributed by atoms with E-state index in [4.69, 9.17) is 11.6 Å². The highest BCUT2D eigenvalue weighted by Crippen LogP contribution is 2.29. The van der Waals surface area contributed by atoms with Crippen LogP contribution in [0.5, 0.6) is 0 Å². The lowest BCUT2D eigenvalue weighted by atomic mass is 10.0. The highest BCUT2D eigenvalue weighted by atomic mass is 35.5. The third-order valence-electron chi connectivity index (χ3n) is 3.05. The summed E-state index contributed by atoms with van der Waals surface area (Å²) in [4.78, 5) is 5.60. The molecule has 0 radical (unpaired) electrons. The molecule has 0 fully saturated rings. The third kappa shape index (κ3) is 3.56.